The molecular formula is C18H26N4O. The lowest BCUT2D eigenvalue weighted by molar-refractivity contribution is -0.135. The standard InChI is InChI=1S/C18H26N4O/c1-3-17-20-15-6-4-5-7-16(15)22(17)12-18(23)21-9-8-13(2)10-14(21)11-19/h4-7,13-14H,3,8-12,19H2,1-2H3. The van der Waals surface area contributed by atoms with E-state index in [0.29, 0.717) is 19.0 Å². The number of carbonyl (C=O) groups excluding carboxylic acids is 1. The summed E-state index contributed by atoms with van der Waals surface area (Å²) in [5, 5.41) is 0. The fourth-order valence-electron chi connectivity index (χ4n) is 3.60. The summed E-state index contributed by atoms with van der Waals surface area (Å²) in [6.45, 7) is 6.03. The van der Waals surface area contributed by atoms with Crippen LogP contribution in [0.3, 0.4) is 0 Å². The van der Waals surface area contributed by atoms with Gasteiger partial charge in [-0.3, -0.25) is 4.79 Å². The average molecular weight is 314 g/mol. The van der Waals surface area contributed by atoms with Crippen LogP contribution in [0.1, 0.15) is 32.5 Å². The summed E-state index contributed by atoms with van der Waals surface area (Å²) in [5.41, 5.74) is 7.89. The van der Waals surface area contributed by atoms with E-state index in [2.05, 4.69) is 23.4 Å². The number of fused-ring (bicyclic) bond motifs is 1. The first-order chi connectivity index (χ1) is 11.1. The Kier molecular flexibility index (Phi) is 4.66. The molecular weight excluding hydrogens is 288 g/mol. The average Bonchev–Trinajstić information content (AvgIpc) is 2.92. The van der Waals surface area contributed by atoms with Gasteiger partial charge in [0.15, 0.2) is 0 Å². The number of benzene rings is 1. The SMILES string of the molecule is CCc1nc2ccccc2n1CC(=O)N1CCC(C)CC1CN. The molecule has 1 aromatic carbocycles. The predicted molar refractivity (Wildman–Crippen MR) is 92.1 cm³/mol. The number of piperidine rings is 1. The molecule has 2 N–H and O–H groups in total. The fourth-order valence-corrected chi connectivity index (χ4v) is 3.60. The quantitative estimate of drug-likeness (QED) is 0.941. The normalized spacial score (nSPS) is 21.8. The minimum atomic E-state index is 0.158. The molecule has 1 aromatic heterocycles. The number of amides is 1. The number of aromatic nitrogens is 2. The summed E-state index contributed by atoms with van der Waals surface area (Å²) < 4.78 is 2.06. The smallest absolute Gasteiger partial charge is 0.242 e. The van der Waals surface area contributed by atoms with Crippen LogP contribution < -0.4 is 5.73 Å². The fraction of sp³-hybridized carbons (Fsp3) is 0.556. The van der Waals surface area contributed by atoms with E-state index in [-0.39, 0.29) is 11.9 Å². The highest BCUT2D eigenvalue weighted by Crippen LogP contribution is 2.23. The molecule has 1 aliphatic heterocycles. The van der Waals surface area contributed by atoms with Crippen molar-refractivity contribution in [3.8, 4) is 0 Å². The molecule has 2 heterocycles. The molecule has 0 saturated carbocycles. The third-order valence-corrected chi connectivity index (χ3v) is 4.91. The second-order valence-electron chi connectivity index (χ2n) is 6.56. The summed E-state index contributed by atoms with van der Waals surface area (Å²) >= 11 is 0. The number of nitrogens with zero attached hydrogens (tertiary/aromatic N) is 3. The van der Waals surface area contributed by atoms with E-state index in [1.807, 2.05) is 29.2 Å². The predicted octanol–water partition coefficient (Wildman–Crippen LogP) is 2.18. The van der Waals surface area contributed by atoms with Crippen LogP contribution in [0.15, 0.2) is 24.3 Å². The minimum Gasteiger partial charge on any atom is -0.337 e. The van der Waals surface area contributed by atoms with Crippen LogP contribution in [0.2, 0.25) is 0 Å². The second kappa shape index (κ2) is 6.71. The highest BCUT2D eigenvalue weighted by molar-refractivity contribution is 5.81. The molecule has 1 saturated heterocycles. The molecule has 5 nitrogen and oxygen atoms in total. The van der Waals surface area contributed by atoms with Gasteiger partial charge in [-0.15, -0.1) is 0 Å². The van der Waals surface area contributed by atoms with Gasteiger partial charge in [-0.2, -0.15) is 0 Å². The maximum Gasteiger partial charge on any atom is 0.242 e. The highest BCUT2D eigenvalue weighted by atomic mass is 16.2. The van der Waals surface area contributed by atoms with Gasteiger partial charge >= 0.3 is 0 Å². The van der Waals surface area contributed by atoms with Crippen LogP contribution in [0, 0.1) is 5.92 Å². The maximum absolute atomic E-state index is 12.9. The molecule has 3 rings (SSSR count). The molecule has 1 aliphatic rings. The number of nitrogens with two attached hydrogens (primary N) is 1. The number of rotatable bonds is 4. The van der Waals surface area contributed by atoms with Crippen molar-refractivity contribution in [3.63, 3.8) is 0 Å². The Hall–Kier alpha value is -1.88. The van der Waals surface area contributed by atoms with Crippen molar-refractivity contribution in [2.24, 2.45) is 11.7 Å². The van der Waals surface area contributed by atoms with Gasteiger partial charge < -0.3 is 15.2 Å². The largest absolute Gasteiger partial charge is 0.337 e. The highest BCUT2D eigenvalue weighted by Gasteiger charge is 2.29. The van der Waals surface area contributed by atoms with Gasteiger partial charge in [0, 0.05) is 25.6 Å². The van der Waals surface area contributed by atoms with E-state index < -0.39 is 0 Å². The molecule has 1 fully saturated rings. The van der Waals surface area contributed by atoms with Gasteiger partial charge in [-0.25, -0.2) is 4.98 Å². The van der Waals surface area contributed by atoms with Crippen LogP contribution >= 0.6 is 0 Å². The molecule has 2 unspecified atom stereocenters. The third-order valence-electron chi connectivity index (χ3n) is 4.91. The molecule has 1 amide bonds. The Balaban J connectivity index is 1.85. The van der Waals surface area contributed by atoms with Crippen molar-refractivity contribution in [2.45, 2.75) is 45.7 Å². The summed E-state index contributed by atoms with van der Waals surface area (Å²) in [4.78, 5) is 19.5. The lowest BCUT2D eigenvalue weighted by Gasteiger charge is -2.38. The van der Waals surface area contributed by atoms with Crippen molar-refractivity contribution >= 4 is 16.9 Å². The zero-order chi connectivity index (χ0) is 16.4. The first-order valence-electron chi connectivity index (χ1n) is 8.57. The molecule has 0 bridgehead atoms. The number of aryl methyl sites for hydroxylation is 1. The summed E-state index contributed by atoms with van der Waals surface area (Å²) in [5.74, 6) is 1.77. The van der Waals surface area contributed by atoms with E-state index in [4.69, 9.17) is 5.73 Å². The van der Waals surface area contributed by atoms with Crippen LogP contribution in [-0.2, 0) is 17.8 Å². The Bertz CT molecular complexity index is 693. The molecule has 0 radical (unpaired) electrons. The lowest BCUT2D eigenvalue weighted by Crippen LogP contribution is -2.50. The van der Waals surface area contributed by atoms with E-state index in [1.54, 1.807) is 0 Å². The van der Waals surface area contributed by atoms with E-state index in [9.17, 15) is 4.79 Å². The van der Waals surface area contributed by atoms with Crippen LogP contribution in [0.25, 0.3) is 11.0 Å². The second-order valence-corrected chi connectivity index (χ2v) is 6.56. The molecule has 5 heteroatoms. The molecule has 0 spiro atoms. The van der Waals surface area contributed by atoms with Gasteiger partial charge in [0.2, 0.25) is 5.91 Å². The van der Waals surface area contributed by atoms with E-state index in [0.717, 1.165) is 42.7 Å². The van der Waals surface area contributed by atoms with Gasteiger partial charge in [-0.1, -0.05) is 26.0 Å². The van der Waals surface area contributed by atoms with Crippen LogP contribution in [0.5, 0.6) is 0 Å². The van der Waals surface area contributed by atoms with Crippen molar-refractivity contribution in [3.05, 3.63) is 30.1 Å². The van der Waals surface area contributed by atoms with E-state index >= 15 is 0 Å². The Morgan fingerprint density at radius 1 is 1.39 bits per heavy atom. The van der Waals surface area contributed by atoms with Crippen LogP contribution in [0.4, 0.5) is 0 Å². The van der Waals surface area contributed by atoms with Crippen LogP contribution in [-0.4, -0.2) is 39.5 Å². The monoisotopic (exact) mass is 314 g/mol. The van der Waals surface area contributed by atoms with Gasteiger partial charge in [0.05, 0.1) is 11.0 Å². The number of imidazole rings is 1. The maximum atomic E-state index is 12.9. The Morgan fingerprint density at radius 3 is 2.91 bits per heavy atom. The molecule has 23 heavy (non-hydrogen) atoms. The van der Waals surface area contributed by atoms with Crippen molar-refractivity contribution in [1.29, 1.82) is 0 Å². The van der Waals surface area contributed by atoms with Crippen molar-refractivity contribution < 1.29 is 4.79 Å². The zero-order valence-corrected chi connectivity index (χ0v) is 14.0. The van der Waals surface area contributed by atoms with Crippen molar-refractivity contribution in [1.82, 2.24) is 14.5 Å². The molecule has 2 aromatic rings. The Labute approximate surface area is 137 Å². The first kappa shape index (κ1) is 16.0. The lowest BCUT2D eigenvalue weighted by atomic mass is 9.92. The zero-order valence-electron chi connectivity index (χ0n) is 14.0. The summed E-state index contributed by atoms with van der Waals surface area (Å²) in [6.07, 6.45) is 2.89. The molecule has 2 atom stereocenters. The number of hydrogen-bond donors (Lipinski definition) is 1. The van der Waals surface area contributed by atoms with Gasteiger partial charge in [-0.05, 0) is 30.9 Å². The van der Waals surface area contributed by atoms with Gasteiger partial charge in [0.25, 0.3) is 0 Å². The van der Waals surface area contributed by atoms with E-state index in [1.165, 1.54) is 0 Å². The number of hydrogen-bond acceptors (Lipinski definition) is 3. The number of para-hydroxylation sites is 2. The summed E-state index contributed by atoms with van der Waals surface area (Å²) in [7, 11) is 0. The van der Waals surface area contributed by atoms with Gasteiger partial charge in [0.1, 0.15) is 12.4 Å². The topological polar surface area (TPSA) is 64.2 Å². The minimum absolute atomic E-state index is 0.158. The third kappa shape index (κ3) is 3.11. The molecule has 124 valence electrons. The molecule has 0 aliphatic carbocycles. The number of likely N-dealkylation sites (tertiary alicyclic amines) is 1. The number of carbonyl (C=O) groups is 1. The Morgan fingerprint density at radius 2 is 2.17 bits per heavy atom. The first-order valence-corrected chi connectivity index (χ1v) is 8.57. The summed E-state index contributed by atoms with van der Waals surface area (Å²) in [6, 6.07) is 8.19. The van der Waals surface area contributed by atoms with Crippen molar-refractivity contribution in [2.75, 3.05) is 13.1 Å².